The summed E-state index contributed by atoms with van der Waals surface area (Å²) in [7, 11) is 1.56. The van der Waals surface area contributed by atoms with Gasteiger partial charge in [0, 0.05) is 5.56 Å². The molecule has 0 unspecified atom stereocenters. The Hall–Kier alpha value is -2.37. The van der Waals surface area contributed by atoms with Crippen molar-refractivity contribution in [2.24, 2.45) is 4.99 Å². The molecule has 2 rings (SSSR count). The summed E-state index contributed by atoms with van der Waals surface area (Å²) in [5, 5.41) is 0. The van der Waals surface area contributed by atoms with E-state index >= 15 is 0 Å². The van der Waals surface area contributed by atoms with E-state index in [9.17, 15) is 9.59 Å². The van der Waals surface area contributed by atoms with E-state index in [1.165, 1.54) is 6.92 Å². The van der Waals surface area contributed by atoms with Crippen molar-refractivity contribution in [2.75, 3.05) is 13.7 Å². The number of rotatable bonds is 4. The van der Waals surface area contributed by atoms with Crippen LogP contribution in [0.15, 0.2) is 29.3 Å². The van der Waals surface area contributed by atoms with Crippen molar-refractivity contribution in [1.82, 2.24) is 0 Å². The minimum absolute atomic E-state index is 0.105. The SMILES string of the molecule is CCOC(=O)[C@@]1(C)N=C(c2ccc(OC)cc2)OC1=O. The number of ether oxygens (including phenoxy) is 3. The summed E-state index contributed by atoms with van der Waals surface area (Å²) in [6.45, 7) is 3.22. The Labute approximate surface area is 116 Å². The van der Waals surface area contributed by atoms with Crippen LogP contribution in [-0.2, 0) is 19.1 Å². The topological polar surface area (TPSA) is 74.2 Å². The van der Waals surface area contributed by atoms with E-state index in [4.69, 9.17) is 14.2 Å². The van der Waals surface area contributed by atoms with Crippen molar-refractivity contribution >= 4 is 17.8 Å². The van der Waals surface area contributed by atoms with Crippen LogP contribution in [0.25, 0.3) is 0 Å². The van der Waals surface area contributed by atoms with Gasteiger partial charge in [0.25, 0.3) is 5.54 Å². The van der Waals surface area contributed by atoms with Crippen LogP contribution in [-0.4, -0.2) is 37.1 Å². The molecule has 6 heteroatoms. The highest BCUT2D eigenvalue weighted by atomic mass is 16.6. The molecule has 1 aromatic carbocycles. The molecule has 1 aliphatic rings. The minimum atomic E-state index is -1.63. The van der Waals surface area contributed by atoms with Crippen molar-refractivity contribution in [3.8, 4) is 5.75 Å². The van der Waals surface area contributed by atoms with E-state index in [1.807, 2.05) is 0 Å². The maximum absolute atomic E-state index is 11.9. The third-order valence-corrected chi connectivity index (χ3v) is 2.92. The van der Waals surface area contributed by atoms with Gasteiger partial charge in [-0.2, -0.15) is 0 Å². The molecule has 0 aromatic heterocycles. The lowest BCUT2D eigenvalue weighted by atomic mass is 10.1. The van der Waals surface area contributed by atoms with E-state index < -0.39 is 17.5 Å². The van der Waals surface area contributed by atoms with E-state index in [1.54, 1.807) is 38.3 Å². The van der Waals surface area contributed by atoms with Crippen molar-refractivity contribution in [2.45, 2.75) is 19.4 Å². The highest BCUT2D eigenvalue weighted by molar-refractivity contribution is 6.16. The summed E-state index contributed by atoms with van der Waals surface area (Å²) in [5.41, 5.74) is -1.04. The number of methoxy groups -OCH3 is 1. The van der Waals surface area contributed by atoms with E-state index in [0.29, 0.717) is 11.3 Å². The monoisotopic (exact) mass is 277 g/mol. The van der Waals surface area contributed by atoms with Crippen LogP contribution in [0.1, 0.15) is 19.4 Å². The molecule has 0 N–H and O–H groups in total. The lowest BCUT2D eigenvalue weighted by molar-refractivity contribution is -0.156. The maximum Gasteiger partial charge on any atom is 0.352 e. The molecule has 0 aliphatic carbocycles. The fourth-order valence-electron chi connectivity index (χ4n) is 1.72. The number of hydrogen-bond acceptors (Lipinski definition) is 6. The first-order valence-corrected chi connectivity index (χ1v) is 6.15. The summed E-state index contributed by atoms with van der Waals surface area (Å²) in [6.07, 6.45) is 0. The average molecular weight is 277 g/mol. The molecule has 20 heavy (non-hydrogen) atoms. The average Bonchev–Trinajstić information content (AvgIpc) is 2.76. The Bertz CT molecular complexity index is 563. The standard InChI is InChI=1S/C14H15NO5/c1-4-19-12(16)14(2)13(17)20-11(15-14)9-5-7-10(18-3)8-6-9/h5-8H,4H2,1-3H3/t14-/m1/s1. The third kappa shape index (κ3) is 2.36. The summed E-state index contributed by atoms with van der Waals surface area (Å²) >= 11 is 0. The van der Waals surface area contributed by atoms with Crippen LogP contribution in [0, 0.1) is 0 Å². The van der Waals surface area contributed by atoms with E-state index in [0.717, 1.165) is 0 Å². The molecule has 1 heterocycles. The Balaban J connectivity index is 2.29. The van der Waals surface area contributed by atoms with Gasteiger partial charge in [-0.05, 0) is 38.1 Å². The summed E-state index contributed by atoms with van der Waals surface area (Å²) in [6, 6.07) is 6.82. The molecular formula is C14H15NO5. The van der Waals surface area contributed by atoms with Gasteiger partial charge < -0.3 is 14.2 Å². The number of benzene rings is 1. The number of carbonyl (C=O) groups excluding carboxylic acids is 2. The quantitative estimate of drug-likeness (QED) is 0.613. The van der Waals surface area contributed by atoms with Gasteiger partial charge in [-0.25, -0.2) is 14.6 Å². The molecule has 0 radical (unpaired) electrons. The predicted octanol–water partition coefficient (Wildman–Crippen LogP) is 1.32. The molecule has 6 nitrogen and oxygen atoms in total. The number of cyclic esters (lactones) is 1. The second-order valence-corrected chi connectivity index (χ2v) is 4.33. The number of aliphatic imine (C=N–C) groups is 1. The second kappa shape index (κ2) is 5.32. The molecule has 0 fully saturated rings. The van der Waals surface area contributed by atoms with Gasteiger partial charge in [0.05, 0.1) is 13.7 Å². The van der Waals surface area contributed by atoms with Gasteiger partial charge in [0.2, 0.25) is 5.90 Å². The molecule has 0 spiro atoms. The van der Waals surface area contributed by atoms with Crippen LogP contribution in [0.5, 0.6) is 5.75 Å². The Morgan fingerprint density at radius 2 is 2.00 bits per heavy atom. The first-order valence-electron chi connectivity index (χ1n) is 6.15. The smallest absolute Gasteiger partial charge is 0.352 e. The van der Waals surface area contributed by atoms with E-state index in [-0.39, 0.29) is 12.5 Å². The number of hydrogen-bond donors (Lipinski definition) is 0. The molecule has 0 bridgehead atoms. The lowest BCUT2D eigenvalue weighted by Gasteiger charge is -2.13. The minimum Gasteiger partial charge on any atom is -0.497 e. The number of carbonyl (C=O) groups is 2. The van der Waals surface area contributed by atoms with Gasteiger partial charge in [-0.15, -0.1) is 0 Å². The first kappa shape index (κ1) is 14.0. The van der Waals surface area contributed by atoms with Crippen LogP contribution < -0.4 is 4.74 Å². The highest BCUT2D eigenvalue weighted by Gasteiger charge is 2.50. The molecule has 1 aliphatic heterocycles. The largest absolute Gasteiger partial charge is 0.497 e. The van der Waals surface area contributed by atoms with Gasteiger partial charge in [0.15, 0.2) is 0 Å². The molecule has 1 aromatic rings. The van der Waals surface area contributed by atoms with Gasteiger partial charge in [-0.1, -0.05) is 0 Å². The molecule has 1 atom stereocenters. The zero-order chi connectivity index (χ0) is 14.8. The summed E-state index contributed by atoms with van der Waals surface area (Å²) in [5.74, 6) is -0.671. The Kier molecular flexibility index (Phi) is 3.74. The Morgan fingerprint density at radius 3 is 2.55 bits per heavy atom. The van der Waals surface area contributed by atoms with Crippen LogP contribution in [0.2, 0.25) is 0 Å². The zero-order valence-corrected chi connectivity index (χ0v) is 11.5. The van der Waals surface area contributed by atoms with Crippen LogP contribution in [0.3, 0.4) is 0 Å². The van der Waals surface area contributed by atoms with Gasteiger partial charge in [0.1, 0.15) is 5.75 Å². The van der Waals surface area contributed by atoms with Crippen molar-refractivity contribution in [3.63, 3.8) is 0 Å². The zero-order valence-electron chi connectivity index (χ0n) is 11.5. The van der Waals surface area contributed by atoms with Gasteiger partial charge in [-0.3, -0.25) is 0 Å². The summed E-state index contributed by atoms with van der Waals surface area (Å²) in [4.78, 5) is 27.7. The third-order valence-electron chi connectivity index (χ3n) is 2.92. The van der Waals surface area contributed by atoms with Crippen LogP contribution >= 0.6 is 0 Å². The molecule has 0 amide bonds. The first-order chi connectivity index (χ1) is 9.51. The van der Waals surface area contributed by atoms with Crippen molar-refractivity contribution in [3.05, 3.63) is 29.8 Å². The number of esters is 2. The Morgan fingerprint density at radius 1 is 1.35 bits per heavy atom. The molecule has 106 valence electrons. The normalized spacial score (nSPS) is 21.1. The molecule has 0 saturated heterocycles. The molecule has 0 saturated carbocycles. The molecular weight excluding hydrogens is 262 g/mol. The fourth-order valence-corrected chi connectivity index (χ4v) is 1.72. The van der Waals surface area contributed by atoms with Crippen molar-refractivity contribution < 1.29 is 23.8 Å². The number of nitrogens with zero attached hydrogens (tertiary/aromatic N) is 1. The fraction of sp³-hybridized carbons (Fsp3) is 0.357. The predicted molar refractivity (Wildman–Crippen MR) is 70.7 cm³/mol. The maximum atomic E-state index is 11.9. The lowest BCUT2D eigenvalue weighted by Crippen LogP contribution is -2.40. The van der Waals surface area contributed by atoms with Crippen LogP contribution in [0.4, 0.5) is 0 Å². The summed E-state index contributed by atoms with van der Waals surface area (Å²) < 4.78 is 15.0. The van der Waals surface area contributed by atoms with E-state index in [2.05, 4.69) is 4.99 Å². The van der Waals surface area contributed by atoms with Crippen molar-refractivity contribution in [1.29, 1.82) is 0 Å². The van der Waals surface area contributed by atoms with Gasteiger partial charge >= 0.3 is 11.9 Å². The highest BCUT2D eigenvalue weighted by Crippen LogP contribution is 2.25. The second-order valence-electron chi connectivity index (χ2n) is 4.33.